The number of benzene rings is 1. The first-order valence-corrected chi connectivity index (χ1v) is 8.78. The highest BCUT2D eigenvalue weighted by atomic mass is 19.1. The van der Waals surface area contributed by atoms with Gasteiger partial charge in [0.05, 0.1) is 6.04 Å². The van der Waals surface area contributed by atoms with E-state index in [1.54, 1.807) is 30.9 Å². The molecule has 2 heterocycles. The molecular formula is C19H22FN3O3. The molecule has 2 aromatic rings. The van der Waals surface area contributed by atoms with E-state index in [9.17, 15) is 14.0 Å². The number of aromatic nitrogens is 2. The van der Waals surface area contributed by atoms with Crippen LogP contribution in [0.4, 0.5) is 4.39 Å². The van der Waals surface area contributed by atoms with E-state index in [-0.39, 0.29) is 17.7 Å². The second kappa shape index (κ2) is 6.97. The maximum absolute atomic E-state index is 13.1. The molecule has 1 aliphatic rings. The minimum atomic E-state index is -0.694. The Labute approximate surface area is 151 Å². The van der Waals surface area contributed by atoms with E-state index in [2.05, 4.69) is 10.1 Å². The smallest absolute Gasteiger partial charge is 0.291 e. The van der Waals surface area contributed by atoms with Crippen molar-refractivity contribution in [2.24, 2.45) is 5.41 Å². The molecule has 7 heteroatoms. The van der Waals surface area contributed by atoms with Crippen molar-refractivity contribution in [2.75, 3.05) is 6.54 Å². The molecule has 3 rings (SSSR count). The number of nitrogens with zero attached hydrogens (tertiary/aromatic N) is 3. The lowest BCUT2D eigenvalue weighted by Crippen LogP contribution is -2.42. The molecule has 26 heavy (non-hydrogen) atoms. The molecule has 1 amide bonds. The highest BCUT2D eigenvalue weighted by molar-refractivity contribution is 6.38. The summed E-state index contributed by atoms with van der Waals surface area (Å²) in [6, 6.07) is 5.36. The fraction of sp³-hybridized carbons (Fsp3) is 0.474. The van der Waals surface area contributed by atoms with Crippen LogP contribution in [-0.4, -0.2) is 33.3 Å². The van der Waals surface area contributed by atoms with Crippen LogP contribution >= 0.6 is 0 Å². The van der Waals surface area contributed by atoms with Crippen LogP contribution in [0.1, 0.15) is 51.9 Å². The Morgan fingerprint density at radius 3 is 2.65 bits per heavy atom. The predicted octanol–water partition coefficient (Wildman–Crippen LogP) is 3.54. The average Bonchev–Trinajstić information content (AvgIpc) is 3.30. The fourth-order valence-corrected chi connectivity index (χ4v) is 2.94. The normalized spacial score (nSPS) is 17.5. The molecule has 0 radical (unpaired) electrons. The Hall–Kier alpha value is -2.57. The predicted molar refractivity (Wildman–Crippen MR) is 92.5 cm³/mol. The molecule has 0 aliphatic carbocycles. The van der Waals surface area contributed by atoms with Gasteiger partial charge in [0.15, 0.2) is 5.82 Å². The largest absolute Gasteiger partial charge is 0.334 e. The van der Waals surface area contributed by atoms with E-state index < -0.39 is 17.1 Å². The molecular weight excluding hydrogens is 337 g/mol. The minimum absolute atomic E-state index is 0.263. The Balaban J connectivity index is 1.82. The third-order valence-corrected chi connectivity index (χ3v) is 5.04. The van der Waals surface area contributed by atoms with Gasteiger partial charge in [-0.2, -0.15) is 4.98 Å². The standard InChI is InChI=1S/C19H22FN3O3/c1-4-19(2,3)15(24)18(25)23-11-5-6-14(23)16-21-17(26-22-16)12-7-9-13(20)10-8-12/h7-10,14H,4-6,11H2,1-3H3/t14-/m0/s1. The molecule has 1 atom stereocenters. The van der Waals surface area contributed by atoms with Crippen molar-refractivity contribution in [3.8, 4) is 11.5 Å². The van der Waals surface area contributed by atoms with Crippen molar-refractivity contribution in [1.29, 1.82) is 0 Å². The summed E-state index contributed by atoms with van der Waals surface area (Å²) in [4.78, 5) is 31.1. The van der Waals surface area contributed by atoms with Gasteiger partial charge in [0.2, 0.25) is 5.78 Å². The van der Waals surface area contributed by atoms with Crippen molar-refractivity contribution in [1.82, 2.24) is 15.0 Å². The summed E-state index contributed by atoms with van der Waals surface area (Å²) in [5, 5.41) is 3.99. The zero-order valence-electron chi connectivity index (χ0n) is 15.2. The monoisotopic (exact) mass is 359 g/mol. The van der Waals surface area contributed by atoms with Gasteiger partial charge in [-0.05, 0) is 43.5 Å². The molecule has 1 aliphatic heterocycles. The SMILES string of the molecule is CCC(C)(C)C(=O)C(=O)N1CCC[C@H]1c1noc(-c2ccc(F)cc2)n1. The molecule has 0 spiro atoms. The van der Waals surface area contributed by atoms with E-state index >= 15 is 0 Å². The molecule has 0 saturated carbocycles. The Morgan fingerprint density at radius 1 is 1.31 bits per heavy atom. The third kappa shape index (κ3) is 3.38. The number of halogens is 1. The molecule has 0 N–H and O–H groups in total. The molecule has 1 fully saturated rings. The summed E-state index contributed by atoms with van der Waals surface area (Å²) < 4.78 is 18.3. The highest BCUT2D eigenvalue weighted by Crippen LogP contribution is 2.33. The van der Waals surface area contributed by atoms with Crippen LogP contribution in [0.25, 0.3) is 11.5 Å². The van der Waals surface area contributed by atoms with Gasteiger partial charge in [-0.3, -0.25) is 9.59 Å². The number of hydrogen-bond acceptors (Lipinski definition) is 5. The van der Waals surface area contributed by atoms with Gasteiger partial charge in [0, 0.05) is 17.5 Å². The number of amides is 1. The number of hydrogen-bond donors (Lipinski definition) is 0. The van der Waals surface area contributed by atoms with E-state index in [4.69, 9.17) is 4.52 Å². The van der Waals surface area contributed by atoms with E-state index in [0.29, 0.717) is 30.8 Å². The number of likely N-dealkylation sites (tertiary alicyclic amines) is 1. The lowest BCUT2D eigenvalue weighted by Gasteiger charge is -2.26. The van der Waals surface area contributed by atoms with Gasteiger partial charge in [-0.25, -0.2) is 4.39 Å². The van der Waals surface area contributed by atoms with Crippen molar-refractivity contribution in [3.05, 3.63) is 35.9 Å². The third-order valence-electron chi connectivity index (χ3n) is 5.04. The number of carbonyl (C=O) groups excluding carboxylic acids is 2. The van der Waals surface area contributed by atoms with Gasteiger partial charge in [0.25, 0.3) is 11.8 Å². The fourth-order valence-electron chi connectivity index (χ4n) is 2.94. The lowest BCUT2D eigenvalue weighted by molar-refractivity contribution is -0.150. The molecule has 1 aromatic heterocycles. The maximum Gasteiger partial charge on any atom is 0.291 e. The highest BCUT2D eigenvalue weighted by Gasteiger charge is 2.40. The van der Waals surface area contributed by atoms with Crippen LogP contribution in [-0.2, 0) is 9.59 Å². The zero-order valence-corrected chi connectivity index (χ0v) is 15.2. The van der Waals surface area contributed by atoms with Gasteiger partial charge in [0.1, 0.15) is 5.82 Å². The van der Waals surface area contributed by atoms with Crippen LogP contribution in [0.5, 0.6) is 0 Å². The maximum atomic E-state index is 13.1. The number of Topliss-reactive ketones (excluding diaryl/α,β-unsaturated/α-hetero) is 1. The van der Waals surface area contributed by atoms with Crippen LogP contribution < -0.4 is 0 Å². The summed E-state index contributed by atoms with van der Waals surface area (Å²) in [5.74, 6) is -0.600. The lowest BCUT2D eigenvalue weighted by atomic mass is 9.84. The Bertz CT molecular complexity index is 814. The topological polar surface area (TPSA) is 76.3 Å². The second-order valence-corrected chi connectivity index (χ2v) is 7.19. The van der Waals surface area contributed by atoms with Crippen LogP contribution in [0, 0.1) is 11.2 Å². The van der Waals surface area contributed by atoms with E-state index in [1.165, 1.54) is 12.1 Å². The molecule has 6 nitrogen and oxygen atoms in total. The first-order chi connectivity index (χ1) is 12.3. The molecule has 0 bridgehead atoms. The Morgan fingerprint density at radius 2 is 2.00 bits per heavy atom. The van der Waals surface area contributed by atoms with Crippen molar-refractivity contribution < 1.29 is 18.5 Å². The van der Waals surface area contributed by atoms with Crippen molar-refractivity contribution in [3.63, 3.8) is 0 Å². The first-order valence-electron chi connectivity index (χ1n) is 8.78. The molecule has 138 valence electrons. The summed E-state index contributed by atoms with van der Waals surface area (Å²) in [5.41, 5.74) is -0.0926. The van der Waals surface area contributed by atoms with Gasteiger partial charge in [-0.1, -0.05) is 25.9 Å². The quantitative estimate of drug-likeness (QED) is 0.763. The Kier molecular flexibility index (Phi) is 4.89. The first kappa shape index (κ1) is 18.2. The van der Waals surface area contributed by atoms with Crippen LogP contribution in [0.15, 0.2) is 28.8 Å². The van der Waals surface area contributed by atoms with Gasteiger partial charge >= 0.3 is 0 Å². The number of carbonyl (C=O) groups is 2. The second-order valence-electron chi connectivity index (χ2n) is 7.19. The number of ketones is 1. The average molecular weight is 359 g/mol. The molecule has 0 unspecified atom stereocenters. The summed E-state index contributed by atoms with van der Waals surface area (Å²) in [6.45, 7) is 5.94. The van der Waals surface area contributed by atoms with Crippen molar-refractivity contribution in [2.45, 2.75) is 46.1 Å². The summed E-state index contributed by atoms with van der Waals surface area (Å²) >= 11 is 0. The van der Waals surface area contributed by atoms with Crippen LogP contribution in [0.2, 0.25) is 0 Å². The van der Waals surface area contributed by atoms with Gasteiger partial charge < -0.3 is 9.42 Å². The summed E-state index contributed by atoms with van der Waals surface area (Å²) in [7, 11) is 0. The van der Waals surface area contributed by atoms with Crippen LogP contribution in [0.3, 0.4) is 0 Å². The molecule has 1 saturated heterocycles. The summed E-state index contributed by atoms with van der Waals surface area (Å²) in [6.07, 6.45) is 2.04. The van der Waals surface area contributed by atoms with E-state index in [1.807, 2.05) is 6.92 Å². The van der Waals surface area contributed by atoms with E-state index in [0.717, 1.165) is 6.42 Å². The molecule has 1 aromatic carbocycles. The van der Waals surface area contributed by atoms with Crippen molar-refractivity contribution >= 4 is 11.7 Å². The number of rotatable bonds is 5. The minimum Gasteiger partial charge on any atom is -0.334 e. The van der Waals surface area contributed by atoms with Gasteiger partial charge in [-0.15, -0.1) is 0 Å². The zero-order chi connectivity index (χ0) is 18.9.